The Bertz CT molecular complexity index is 1270. The van der Waals surface area contributed by atoms with Gasteiger partial charge in [-0.25, -0.2) is 4.99 Å². The van der Waals surface area contributed by atoms with Crippen LogP contribution in [0.3, 0.4) is 0 Å². The summed E-state index contributed by atoms with van der Waals surface area (Å²) in [5.74, 6) is -0.139. The topological polar surface area (TPSA) is 41.5 Å². The largest absolute Gasteiger partial charge is 0.300 e. The van der Waals surface area contributed by atoms with Gasteiger partial charge in [-0.1, -0.05) is 60.1 Å². The molecule has 29 heavy (non-hydrogen) atoms. The van der Waals surface area contributed by atoms with Crippen LogP contribution in [-0.4, -0.2) is 11.1 Å². The summed E-state index contributed by atoms with van der Waals surface area (Å²) in [6.45, 7) is 0. The van der Waals surface area contributed by atoms with Crippen molar-refractivity contribution in [1.82, 2.24) is 5.32 Å². The highest BCUT2D eigenvalue weighted by Gasteiger charge is 2.24. The lowest BCUT2D eigenvalue weighted by molar-refractivity contribution is -0.115. The lowest BCUT2D eigenvalue weighted by Gasteiger charge is -2.08. The summed E-state index contributed by atoms with van der Waals surface area (Å²) in [5.41, 5.74) is 1.79. The van der Waals surface area contributed by atoms with E-state index in [0.717, 1.165) is 32.8 Å². The fraction of sp³-hybridized carbons (Fsp3) is 0. The van der Waals surface area contributed by atoms with E-state index in [0.29, 0.717) is 15.1 Å². The monoisotopic (exact) mass is 414 g/mol. The Morgan fingerprint density at radius 2 is 1.48 bits per heavy atom. The number of hydrogen-bond donors (Lipinski definition) is 1. The van der Waals surface area contributed by atoms with Crippen LogP contribution in [-0.2, 0) is 4.79 Å². The van der Waals surface area contributed by atoms with Crippen LogP contribution in [0.15, 0.2) is 88.8 Å². The highest BCUT2D eigenvalue weighted by Crippen LogP contribution is 2.34. The molecule has 1 fully saturated rings. The standard InChI is InChI=1S/C24H15ClN2OS/c25-17-9-11-18(12-10-17)26-24-27-23(28)22(29-24)14-21-19-7-3-1-5-15(19)13-16-6-2-4-8-20(16)21/h1-14H,(H,26,27,28)/b22-14-. The van der Waals surface area contributed by atoms with Crippen LogP contribution < -0.4 is 5.32 Å². The Labute approximate surface area is 177 Å². The predicted molar refractivity (Wildman–Crippen MR) is 124 cm³/mol. The molecule has 0 radical (unpaired) electrons. The van der Waals surface area contributed by atoms with Crippen molar-refractivity contribution in [2.45, 2.75) is 0 Å². The number of rotatable bonds is 2. The molecule has 0 aromatic heterocycles. The minimum Gasteiger partial charge on any atom is -0.300 e. The molecule has 4 aromatic rings. The molecule has 1 N–H and O–H groups in total. The zero-order valence-corrected chi connectivity index (χ0v) is 16.8. The van der Waals surface area contributed by atoms with Crippen LogP contribution in [0, 0.1) is 0 Å². The van der Waals surface area contributed by atoms with Gasteiger partial charge in [-0.2, -0.15) is 0 Å². The Kier molecular flexibility index (Phi) is 4.58. The lowest BCUT2D eigenvalue weighted by atomic mass is 9.96. The summed E-state index contributed by atoms with van der Waals surface area (Å²) in [6, 6.07) is 25.9. The number of thioether (sulfide) groups is 1. The number of aliphatic imine (C=N–C) groups is 1. The Morgan fingerprint density at radius 3 is 2.14 bits per heavy atom. The third-order valence-electron chi connectivity index (χ3n) is 4.80. The molecule has 140 valence electrons. The molecule has 0 bridgehead atoms. The van der Waals surface area contributed by atoms with Gasteiger partial charge in [0, 0.05) is 5.02 Å². The van der Waals surface area contributed by atoms with Crippen LogP contribution in [0.4, 0.5) is 5.69 Å². The summed E-state index contributed by atoms with van der Waals surface area (Å²) in [5, 5.41) is 8.61. The van der Waals surface area contributed by atoms with Crippen molar-refractivity contribution in [3.05, 3.63) is 94.4 Å². The van der Waals surface area contributed by atoms with E-state index < -0.39 is 0 Å². The van der Waals surface area contributed by atoms with Gasteiger partial charge in [-0.3, -0.25) is 4.79 Å². The van der Waals surface area contributed by atoms with Gasteiger partial charge < -0.3 is 5.32 Å². The number of amides is 1. The second-order valence-electron chi connectivity index (χ2n) is 6.69. The van der Waals surface area contributed by atoms with Crippen molar-refractivity contribution in [2.75, 3.05) is 0 Å². The van der Waals surface area contributed by atoms with E-state index in [4.69, 9.17) is 11.6 Å². The number of halogens is 1. The Morgan fingerprint density at radius 1 is 0.862 bits per heavy atom. The molecular formula is C24H15ClN2OS. The van der Waals surface area contributed by atoms with Gasteiger partial charge in [-0.05, 0) is 75.3 Å². The van der Waals surface area contributed by atoms with Crippen molar-refractivity contribution in [3.63, 3.8) is 0 Å². The van der Waals surface area contributed by atoms with E-state index in [9.17, 15) is 4.79 Å². The first-order valence-electron chi connectivity index (χ1n) is 9.13. The van der Waals surface area contributed by atoms with Crippen LogP contribution in [0.1, 0.15) is 5.56 Å². The summed E-state index contributed by atoms with van der Waals surface area (Å²) < 4.78 is 0. The van der Waals surface area contributed by atoms with Crippen molar-refractivity contribution >= 4 is 67.7 Å². The lowest BCUT2D eigenvalue weighted by Crippen LogP contribution is -2.19. The number of nitrogens with zero attached hydrogens (tertiary/aromatic N) is 1. The van der Waals surface area contributed by atoms with Gasteiger partial charge >= 0.3 is 0 Å². The zero-order valence-electron chi connectivity index (χ0n) is 15.2. The molecular weight excluding hydrogens is 400 g/mol. The number of amidine groups is 1. The molecule has 4 aromatic carbocycles. The van der Waals surface area contributed by atoms with Gasteiger partial charge in [0.2, 0.25) is 0 Å². The third-order valence-corrected chi connectivity index (χ3v) is 5.96. The molecule has 1 heterocycles. The van der Waals surface area contributed by atoms with Crippen molar-refractivity contribution in [3.8, 4) is 0 Å². The molecule has 0 aliphatic carbocycles. The molecule has 5 heteroatoms. The quantitative estimate of drug-likeness (QED) is 0.299. The minimum atomic E-state index is -0.139. The van der Waals surface area contributed by atoms with Gasteiger partial charge in [0.15, 0.2) is 5.17 Å². The van der Waals surface area contributed by atoms with Gasteiger partial charge in [-0.15, -0.1) is 0 Å². The first-order chi connectivity index (χ1) is 14.2. The molecule has 0 atom stereocenters. The maximum atomic E-state index is 12.6. The van der Waals surface area contributed by atoms with Gasteiger partial charge in [0.1, 0.15) is 0 Å². The second kappa shape index (κ2) is 7.39. The fourth-order valence-electron chi connectivity index (χ4n) is 3.45. The van der Waals surface area contributed by atoms with E-state index in [1.165, 1.54) is 11.8 Å². The predicted octanol–water partition coefficient (Wildman–Crippen LogP) is 6.54. The number of carbonyl (C=O) groups is 1. The van der Waals surface area contributed by atoms with Crippen LogP contribution >= 0.6 is 23.4 Å². The normalized spacial score (nSPS) is 16.8. The molecule has 0 saturated carbocycles. The number of carbonyl (C=O) groups excluding carboxylic acids is 1. The third kappa shape index (κ3) is 3.53. The molecule has 1 amide bonds. The van der Waals surface area contributed by atoms with E-state index in [-0.39, 0.29) is 5.91 Å². The van der Waals surface area contributed by atoms with Crippen LogP contribution in [0.2, 0.25) is 5.02 Å². The summed E-state index contributed by atoms with van der Waals surface area (Å²) >= 11 is 7.28. The Hall–Kier alpha value is -3.08. The van der Waals surface area contributed by atoms with Crippen molar-refractivity contribution in [1.29, 1.82) is 0 Å². The van der Waals surface area contributed by atoms with Gasteiger partial charge in [0.25, 0.3) is 5.91 Å². The first-order valence-corrected chi connectivity index (χ1v) is 10.3. The van der Waals surface area contributed by atoms with E-state index in [2.05, 4.69) is 40.6 Å². The molecule has 1 saturated heterocycles. The molecule has 0 unspecified atom stereocenters. The van der Waals surface area contributed by atoms with Crippen LogP contribution in [0.25, 0.3) is 27.6 Å². The molecule has 3 nitrogen and oxygen atoms in total. The smallest absolute Gasteiger partial charge is 0.264 e. The molecule has 1 aliphatic heterocycles. The summed E-state index contributed by atoms with van der Waals surface area (Å²) in [6.07, 6.45) is 1.97. The number of hydrogen-bond acceptors (Lipinski definition) is 3. The maximum Gasteiger partial charge on any atom is 0.264 e. The second-order valence-corrected chi connectivity index (χ2v) is 8.16. The summed E-state index contributed by atoms with van der Waals surface area (Å²) in [7, 11) is 0. The van der Waals surface area contributed by atoms with E-state index in [1.807, 2.05) is 42.5 Å². The average Bonchev–Trinajstić information content (AvgIpc) is 3.08. The molecule has 1 aliphatic rings. The highest BCUT2D eigenvalue weighted by atomic mass is 35.5. The number of fused-ring (bicyclic) bond motifs is 2. The zero-order chi connectivity index (χ0) is 19.8. The van der Waals surface area contributed by atoms with Crippen molar-refractivity contribution in [2.24, 2.45) is 4.99 Å². The number of benzene rings is 4. The SMILES string of the molecule is O=C1NC(=Nc2ccc(Cl)cc2)S/C1=C\c1c2ccccc2cc2ccccc12. The van der Waals surface area contributed by atoms with Crippen molar-refractivity contribution < 1.29 is 4.79 Å². The average molecular weight is 415 g/mol. The fourth-order valence-corrected chi connectivity index (χ4v) is 4.40. The van der Waals surface area contributed by atoms with Crippen LogP contribution in [0.5, 0.6) is 0 Å². The maximum absolute atomic E-state index is 12.6. The number of nitrogens with one attached hydrogen (secondary N) is 1. The first kappa shape index (κ1) is 18.0. The molecule has 0 spiro atoms. The van der Waals surface area contributed by atoms with E-state index in [1.54, 1.807) is 12.1 Å². The minimum absolute atomic E-state index is 0.139. The highest BCUT2D eigenvalue weighted by molar-refractivity contribution is 8.18. The molecule has 5 rings (SSSR count). The summed E-state index contributed by atoms with van der Waals surface area (Å²) in [4.78, 5) is 17.7. The van der Waals surface area contributed by atoms with E-state index >= 15 is 0 Å². The Balaban J connectivity index is 1.60. The van der Waals surface area contributed by atoms with Gasteiger partial charge in [0.05, 0.1) is 10.6 Å².